The highest BCUT2D eigenvalue weighted by Gasteiger charge is 2.16. The smallest absolute Gasteiger partial charge is 0.449 e. The summed E-state index contributed by atoms with van der Waals surface area (Å²) < 4.78 is 10.5. The highest BCUT2D eigenvalue weighted by Crippen LogP contribution is 2.37. The Labute approximate surface area is 251 Å². The van der Waals surface area contributed by atoms with Gasteiger partial charge in [-0.3, -0.25) is 9.69 Å². The van der Waals surface area contributed by atoms with Gasteiger partial charge in [0.2, 0.25) is 0 Å². The molecule has 0 bridgehead atoms. The summed E-state index contributed by atoms with van der Waals surface area (Å²) in [5.74, 6) is 0.0130. The van der Waals surface area contributed by atoms with Crippen LogP contribution in [-0.2, 0) is 4.74 Å². The molecule has 1 aliphatic heterocycles. The number of carboxylic acid groups (broad SMARTS) is 1. The summed E-state index contributed by atoms with van der Waals surface area (Å²) in [7, 11) is 0. The number of nitrogens with zero attached hydrogens (tertiary/aromatic N) is 2. The Morgan fingerprint density at radius 3 is 2.44 bits per heavy atom. The van der Waals surface area contributed by atoms with E-state index in [1.165, 1.54) is 11.3 Å². The van der Waals surface area contributed by atoms with E-state index in [9.17, 15) is 14.7 Å². The molecule has 1 aliphatic rings. The van der Waals surface area contributed by atoms with Crippen LogP contribution in [0.5, 0.6) is 5.75 Å². The maximum absolute atomic E-state index is 12.6. The van der Waals surface area contributed by atoms with Gasteiger partial charge in [0.1, 0.15) is 10.8 Å². The maximum Gasteiger partial charge on any atom is 0.511 e. The van der Waals surface area contributed by atoms with Gasteiger partial charge in [-0.15, -0.1) is 11.3 Å². The number of hydrogen-bond acceptors (Lipinski definition) is 7. The van der Waals surface area contributed by atoms with E-state index in [2.05, 4.69) is 10.2 Å². The second-order valence-corrected chi connectivity index (χ2v) is 11.1. The fourth-order valence-electron chi connectivity index (χ4n) is 4.50. The summed E-state index contributed by atoms with van der Waals surface area (Å²) in [6, 6.07) is 17.6. The van der Waals surface area contributed by atoms with Crippen molar-refractivity contribution in [3.05, 3.63) is 81.7 Å². The lowest BCUT2D eigenvalue weighted by Crippen LogP contribution is -2.38. The van der Waals surface area contributed by atoms with Crippen LogP contribution in [0.1, 0.15) is 16.8 Å². The molecule has 1 saturated heterocycles. The molecule has 3 aromatic carbocycles. The molecule has 0 spiro atoms. The Balaban J connectivity index is 1.28. The highest BCUT2D eigenvalue weighted by atomic mass is 35.5. The predicted molar refractivity (Wildman–Crippen MR) is 161 cm³/mol. The molecule has 4 aromatic rings. The number of benzene rings is 3. The molecule has 1 fully saturated rings. The molecule has 212 valence electrons. The summed E-state index contributed by atoms with van der Waals surface area (Å²) in [5, 5.41) is 15.8. The largest absolute Gasteiger partial charge is 0.511 e. The van der Waals surface area contributed by atoms with Crippen LogP contribution in [0.25, 0.3) is 33.0 Å². The third-order valence-corrected chi connectivity index (χ3v) is 8.27. The second kappa shape index (κ2) is 13.5. The molecule has 2 N–H and O–H groups in total. The number of nitrogens with one attached hydrogen (secondary N) is 1. The summed E-state index contributed by atoms with van der Waals surface area (Å²) in [5.41, 5.74) is 4.07. The third kappa shape index (κ3) is 7.44. The minimum Gasteiger partial charge on any atom is -0.449 e. The van der Waals surface area contributed by atoms with Gasteiger partial charge < -0.3 is 19.9 Å². The van der Waals surface area contributed by atoms with Crippen LogP contribution in [0, 0.1) is 0 Å². The monoisotopic (exact) mass is 611 g/mol. The first-order valence-corrected chi connectivity index (χ1v) is 14.7. The van der Waals surface area contributed by atoms with Crippen molar-refractivity contribution in [2.75, 3.05) is 39.4 Å². The van der Waals surface area contributed by atoms with Crippen molar-refractivity contribution >= 4 is 46.6 Å². The van der Waals surface area contributed by atoms with Gasteiger partial charge in [0.25, 0.3) is 5.91 Å². The van der Waals surface area contributed by atoms with E-state index in [0.717, 1.165) is 50.5 Å². The Morgan fingerprint density at radius 1 is 0.976 bits per heavy atom. The number of morpholine rings is 1. The zero-order valence-electron chi connectivity index (χ0n) is 21.9. The molecule has 8 nitrogen and oxygen atoms in total. The summed E-state index contributed by atoms with van der Waals surface area (Å²) in [4.78, 5) is 31.2. The van der Waals surface area contributed by atoms with Crippen LogP contribution in [0.2, 0.25) is 10.0 Å². The average Bonchev–Trinajstić information content (AvgIpc) is 3.47. The van der Waals surface area contributed by atoms with Crippen LogP contribution in [0.4, 0.5) is 4.79 Å². The van der Waals surface area contributed by atoms with Gasteiger partial charge in [-0.2, -0.15) is 0 Å². The molecule has 1 aromatic heterocycles. The molecular weight excluding hydrogens is 585 g/mol. The Hall–Kier alpha value is -3.47. The van der Waals surface area contributed by atoms with E-state index >= 15 is 0 Å². The van der Waals surface area contributed by atoms with Crippen molar-refractivity contribution < 1.29 is 24.2 Å². The predicted octanol–water partition coefficient (Wildman–Crippen LogP) is 6.96. The molecular formula is C30H27Cl2N3O5S. The van der Waals surface area contributed by atoms with Crippen molar-refractivity contribution in [2.24, 2.45) is 0 Å². The van der Waals surface area contributed by atoms with Crippen molar-refractivity contribution in [3.63, 3.8) is 0 Å². The number of amides is 1. The molecule has 41 heavy (non-hydrogen) atoms. The van der Waals surface area contributed by atoms with E-state index in [-0.39, 0.29) is 11.7 Å². The van der Waals surface area contributed by atoms with E-state index in [1.54, 1.807) is 48.5 Å². The van der Waals surface area contributed by atoms with Crippen LogP contribution in [0.3, 0.4) is 0 Å². The molecule has 5 rings (SSSR count). The van der Waals surface area contributed by atoms with Crippen molar-refractivity contribution in [1.82, 2.24) is 15.2 Å². The minimum atomic E-state index is -1.42. The van der Waals surface area contributed by atoms with Crippen molar-refractivity contribution in [3.8, 4) is 38.7 Å². The van der Waals surface area contributed by atoms with Gasteiger partial charge in [0.15, 0.2) is 0 Å². The van der Waals surface area contributed by atoms with E-state index in [1.807, 2.05) is 17.5 Å². The van der Waals surface area contributed by atoms with Gasteiger partial charge in [0, 0.05) is 47.3 Å². The van der Waals surface area contributed by atoms with Gasteiger partial charge in [-0.1, -0.05) is 47.5 Å². The number of thiazole rings is 1. The lowest BCUT2D eigenvalue weighted by molar-refractivity contribution is 0.0374. The number of ether oxygens (including phenoxy) is 2. The fraction of sp³-hybridized carbons (Fsp3) is 0.233. The molecule has 0 unspecified atom stereocenters. The topological polar surface area (TPSA) is 101 Å². The van der Waals surface area contributed by atoms with E-state index < -0.39 is 6.16 Å². The quantitative estimate of drug-likeness (QED) is 0.120. The number of hydrogen-bond donors (Lipinski definition) is 2. The summed E-state index contributed by atoms with van der Waals surface area (Å²) in [6.45, 7) is 4.86. The Morgan fingerprint density at radius 2 is 1.71 bits per heavy atom. The summed E-state index contributed by atoms with van der Waals surface area (Å²) in [6.07, 6.45) is -0.563. The molecule has 0 saturated carbocycles. The highest BCUT2D eigenvalue weighted by molar-refractivity contribution is 7.13. The number of aromatic nitrogens is 1. The van der Waals surface area contributed by atoms with Crippen LogP contribution in [-0.4, -0.2) is 66.4 Å². The molecule has 11 heteroatoms. The standard InChI is InChI=1S/C30H27Cl2N3O5S/c31-24-9-7-21(16-25(24)32)26-18-41-29(34-26)22-6-8-23(27(17-22)40-30(37)38)19-2-4-20(5-3-19)28(36)33-10-1-11-35-12-14-39-15-13-35/h2-9,16-18H,1,10-15H2,(H,33,36)(H,37,38). The first kappa shape index (κ1) is 29.0. The maximum atomic E-state index is 12.6. The van der Waals surface area contributed by atoms with Crippen LogP contribution < -0.4 is 10.1 Å². The van der Waals surface area contributed by atoms with Crippen molar-refractivity contribution in [2.45, 2.75) is 6.42 Å². The number of halogens is 2. The second-order valence-electron chi connectivity index (χ2n) is 9.39. The SMILES string of the molecule is O=C(O)Oc1cc(-c2nc(-c3ccc(Cl)c(Cl)c3)cs2)ccc1-c1ccc(C(=O)NCCCN2CCOCC2)cc1. The summed E-state index contributed by atoms with van der Waals surface area (Å²) >= 11 is 13.6. The fourth-order valence-corrected chi connectivity index (χ4v) is 5.62. The first-order valence-electron chi connectivity index (χ1n) is 13.0. The molecule has 0 radical (unpaired) electrons. The number of carbonyl (C=O) groups is 2. The molecule has 0 aliphatic carbocycles. The Kier molecular flexibility index (Phi) is 9.53. The number of carbonyl (C=O) groups excluding carboxylic acids is 1. The first-order chi connectivity index (χ1) is 19.9. The van der Waals surface area contributed by atoms with Gasteiger partial charge in [-0.25, -0.2) is 9.78 Å². The van der Waals surface area contributed by atoms with Gasteiger partial charge in [-0.05, 0) is 54.9 Å². The van der Waals surface area contributed by atoms with E-state index in [4.69, 9.17) is 37.7 Å². The van der Waals surface area contributed by atoms with Gasteiger partial charge in [0.05, 0.1) is 29.0 Å². The van der Waals surface area contributed by atoms with Crippen LogP contribution >= 0.6 is 34.5 Å². The molecule has 1 amide bonds. The third-order valence-electron chi connectivity index (χ3n) is 6.64. The lowest BCUT2D eigenvalue weighted by atomic mass is 10.0. The minimum absolute atomic E-state index is 0.155. The normalized spacial score (nSPS) is 13.6. The lowest BCUT2D eigenvalue weighted by Gasteiger charge is -2.26. The van der Waals surface area contributed by atoms with E-state index in [0.29, 0.717) is 43.9 Å². The zero-order chi connectivity index (χ0) is 28.8. The van der Waals surface area contributed by atoms with Gasteiger partial charge >= 0.3 is 6.16 Å². The Bertz CT molecular complexity index is 1540. The zero-order valence-corrected chi connectivity index (χ0v) is 24.3. The average molecular weight is 613 g/mol. The molecule has 2 heterocycles. The molecule has 0 atom stereocenters. The van der Waals surface area contributed by atoms with Crippen molar-refractivity contribution in [1.29, 1.82) is 0 Å². The van der Waals surface area contributed by atoms with Crippen LogP contribution in [0.15, 0.2) is 66.0 Å². The number of rotatable bonds is 9.